The van der Waals surface area contributed by atoms with Crippen LogP contribution in [0.2, 0.25) is 0 Å². The van der Waals surface area contributed by atoms with Crippen molar-refractivity contribution in [2.75, 3.05) is 32.0 Å². The molecule has 0 spiro atoms. The average Bonchev–Trinajstić information content (AvgIpc) is 3.19. The van der Waals surface area contributed by atoms with Crippen LogP contribution in [0.15, 0.2) is 53.6 Å². The van der Waals surface area contributed by atoms with Crippen molar-refractivity contribution < 1.29 is 23.8 Å². The van der Waals surface area contributed by atoms with Gasteiger partial charge in [-0.2, -0.15) is 0 Å². The number of nitrogens with one attached hydrogen (secondary N) is 3. The highest BCUT2D eigenvalue weighted by atomic mass is 16.5. The number of methoxy groups -OCH3 is 3. The molecule has 0 unspecified atom stereocenters. The summed E-state index contributed by atoms with van der Waals surface area (Å²) in [4.78, 5) is 43.2. The summed E-state index contributed by atoms with van der Waals surface area (Å²) in [5.74, 6) is 0.881. The number of carbonyl (C=O) groups excluding carboxylic acids is 2. The molecule has 0 saturated carbocycles. The Morgan fingerprint density at radius 2 is 1.79 bits per heavy atom. The van der Waals surface area contributed by atoms with Gasteiger partial charge >= 0.3 is 0 Å². The van der Waals surface area contributed by atoms with Gasteiger partial charge in [0.15, 0.2) is 11.5 Å². The third kappa shape index (κ3) is 5.70. The summed E-state index contributed by atoms with van der Waals surface area (Å²) < 4.78 is 19.0. The minimum absolute atomic E-state index is 0.212. The molecule has 0 aliphatic heterocycles. The van der Waals surface area contributed by atoms with Crippen molar-refractivity contribution in [3.8, 4) is 28.4 Å². The number of rotatable bonds is 8. The van der Waals surface area contributed by atoms with Crippen LogP contribution < -0.4 is 35.6 Å². The molecule has 1 aliphatic carbocycles. The van der Waals surface area contributed by atoms with Gasteiger partial charge in [0.25, 0.3) is 0 Å². The molecule has 2 atom stereocenters. The lowest BCUT2D eigenvalue weighted by atomic mass is 9.95. The summed E-state index contributed by atoms with van der Waals surface area (Å²) in [6.45, 7) is 3.13. The van der Waals surface area contributed by atoms with Gasteiger partial charge in [-0.3, -0.25) is 14.4 Å². The molecule has 3 aromatic carbocycles. The molecule has 0 fully saturated rings. The SMILES string of the molecule is COc1cc2c(c(OC)c1OC)-c1ccc(N[C@@H](C)C(=O)Nc3ccc4c(c3)ncn4C)c(=O)cc1[C@@H](NC(C)=O)CC2. The van der Waals surface area contributed by atoms with Gasteiger partial charge in [0.05, 0.1) is 50.4 Å². The molecule has 224 valence electrons. The molecule has 2 amide bonds. The Labute approximate surface area is 249 Å². The van der Waals surface area contributed by atoms with Crippen LogP contribution in [-0.4, -0.2) is 48.7 Å². The smallest absolute Gasteiger partial charge is 0.246 e. The number of aromatic nitrogens is 2. The van der Waals surface area contributed by atoms with Crippen molar-refractivity contribution in [3.63, 3.8) is 0 Å². The van der Waals surface area contributed by atoms with Gasteiger partial charge in [-0.25, -0.2) is 4.98 Å². The molecule has 4 aromatic rings. The summed E-state index contributed by atoms with van der Waals surface area (Å²) in [6, 6.07) is 11.2. The molecule has 11 nitrogen and oxygen atoms in total. The predicted octanol–water partition coefficient (Wildman–Crippen LogP) is 4.19. The predicted molar refractivity (Wildman–Crippen MR) is 165 cm³/mol. The Kier molecular flexibility index (Phi) is 8.24. The van der Waals surface area contributed by atoms with E-state index in [1.807, 2.05) is 35.9 Å². The van der Waals surface area contributed by atoms with Crippen LogP contribution in [0.3, 0.4) is 0 Å². The van der Waals surface area contributed by atoms with Gasteiger partial charge in [0.1, 0.15) is 6.04 Å². The van der Waals surface area contributed by atoms with Crippen molar-refractivity contribution in [2.45, 2.75) is 38.8 Å². The van der Waals surface area contributed by atoms with E-state index < -0.39 is 12.1 Å². The number of nitrogens with zero attached hydrogens (tertiary/aromatic N) is 2. The fraction of sp³-hybridized carbons (Fsp3) is 0.312. The molecule has 0 radical (unpaired) electrons. The topological polar surface area (TPSA) is 133 Å². The van der Waals surface area contributed by atoms with Gasteiger partial charge in [-0.05, 0) is 72.9 Å². The highest BCUT2D eigenvalue weighted by Crippen LogP contribution is 2.50. The second kappa shape index (κ2) is 12.0. The van der Waals surface area contributed by atoms with Crippen molar-refractivity contribution in [2.24, 2.45) is 7.05 Å². The molecular weight excluding hydrogens is 550 g/mol. The van der Waals surface area contributed by atoms with E-state index in [9.17, 15) is 14.4 Å². The molecule has 1 aromatic heterocycles. The molecule has 0 saturated heterocycles. The summed E-state index contributed by atoms with van der Waals surface area (Å²) in [6.07, 6.45) is 2.85. The summed E-state index contributed by atoms with van der Waals surface area (Å²) >= 11 is 0. The van der Waals surface area contributed by atoms with Crippen molar-refractivity contribution in [3.05, 3.63) is 70.1 Å². The number of fused-ring (bicyclic) bond motifs is 4. The van der Waals surface area contributed by atoms with E-state index in [2.05, 4.69) is 20.9 Å². The molecule has 11 heteroatoms. The first-order chi connectivity index (χ1) is 20.6. The van der Waals surface area contributed by atoms with Gasteiger partial charge in [0, 0.05) is 25.2 Å². The van der Waals surface area contributed by atoms with Crippen LogP contribution in [0.5, 0.6) is 17.2 Å². The van der Waals surface area contributed by atoms with Gasteiger partial charge in [-0.15, -0.1) is 0 Å². The van der Waals surface area contributed by atoms with E-state index in [-0.39, 0.29) is 22.9 Å². The maximum atomic E-state index is 13.6. The van der Waals surface area contributed by atoms with E-state index in [0.29, 0.717) is 46.9 Å². The number of benzene rings is 2. The molecule has 3 N–H and O–H groups in total. The zero-order chi connectivity index (χ0) is 30.8. The zero-order valence-corrected chi connectivity index (χ0v) is 25.0. The number of anilines is 2. The Morgan fingerprint density at radius 1 is 1.02 bits per heavy atom. The zero-order valence-electron chi connectivity index (χ0n) is 25.0. The van der Waals surface area contributed by atoms with Crippen molar-refractivity contribution in [1.82, 2.24) is 14.9 Å². The second-order valence-corrected chi connectivity index (χ2v) is 10.5. The monoisotopic (exact) mass is 585 g/mol. The molecule has 0 bridgehead atoms. The molecule has 43 heavy (non-hydrogen) atoms. The molecule has 1 aliphatic rings. The van der Waals surface area contributed by atoms with E-state index in [1.165, 1.54) is 20.1 Å². The minimum Gasteiger partial charge on any atom is -0.493 e. The van der Waals surface area contributed by atoms with Crippen LogP contribution >= 0.6 is 0 Å². The lowest BCUT2D eigenvalue weighted by molar-refractivity contribution is -0.119. The second-order valence-electron chi connectivity index (χ2n) is 10.5. The normalized spacial score (nSPS) is 14.5. The fourth-order valence-electron chi connectivity index (χ4n) is 5.59. The number of hydrogen-bond donors (Lipinski definition) is 3. The first kappa shape index (κ1) is 29.4. The standard InChI is InChI=1S/C32H35N5O6/c1-17(32(40)36-20-8-12-26-25(14-20)33-16-37(26)3)34-24-11-9-21-22(15-27(24)39)23(35-18(2)38)10-7-19-13-28(41-4)30(42-5)31(43-6)29(19)21/h8-9,11-17,23H,7,10H2,1-6H3,(H,34,39)(H,35,38)(H,36,40)/t17-,23-/m0/s1. The minimum atomic E-state index is -0.744. The van der Waals surface area contributed by atoms with E-state index in [4.69, 9.17) is 14.2 Å². The third-order valence-electron chi connectivity index (χ3n) is 7.67. The lowest BCUT2D eigenvalue weighted by Crippen LogP contribution is -2.33. The van der Waals surface area contributed by atoms with E-state index in [0.717, 1.165) is 22.2 Å². The molecule has 1 heterocycles. The largest absolute Gasteiger partial charge is 0.493 e. The van der Waals surface area contributed by atoms with E-state index in [1.54, 1.807) is 39.6 Å². The quantitative estimate of drug-likeness (QED) is 0.281. The summed E-state index contributed by atoms with van der Waals surface area (Å²) in [5.41, 5.74) is 5.24. The first-order valence-electron chi connectivity index (χ1n) is 13.9. The van der Waals surface area contributed by atoms with Crippen molar-refractivity contribution in [1.29, 1.82) is 0 Å². The van der Waals surface area contributed by atoms with Crippen LogP contribution in [0.1, 0.15) is 37.4 Å². The summed E-state index contributed by atoms with van der Waals surface area (Å²) in [5, 5.41) is 8.96. The highest BCUT2D eigenvalue weighted by molar-refractivity contribution is 5.97. The molecular formula is C32H35N5O6. The Morgan fingerprint density at radius 3 is 2.49 bits per heavy atom. The third-order valence-corrected chi connectivity index (χ3v) is 7.67. The average molecular weight is 586 g/mol. The number of amides is 2. The number of imidazole rings is 1. The van der Waals surface area contributed by atoms with Crippen LogP contribution in [0.25, 0.3) is 22.2 Å². The van der Waals surface area contributed by atoms with Crippen LogP contribution in [0, 0.1) is 0 Å². The Balaban J connectivity index is 1.53. The Hall–Kier alpha value is -5.06. The maximum Gasteiger partial charge on any atom is 0.246 e. The van der Waals surface area contributed by atoms with Gasteiger partial charge in [-0.1, -0.05) is 6.07 Å². The van der Waals surface area contributed by atoms with Crippen LogP contribution in [0.4, 0.5) is 11.4 Å². The summed E-state index contributed by atoms with van der Waals surface area (Å²) in [7, 11) is 6.55. The number of carbonyl (C=O) groups is 2. The number of aryl methyl sites for hydroxylation is 2. The first-order valence-corrected chi connectivity index (χ1v) is 13.9. The number of ether oxygens (including phenoxy) is 3. The Bertz CT molecular complexity index is 1780. The fourth-order valence-corrected chi connectivity index (χ4v) is 5.59. The highest BCUT2D eigenvalue weighted by Gasteiger charge is 2.29. The van der Waals surface area contributed by atoms with Gasteiger partial charge < -0.3 is 34.7 Å². The maximum absolute atomic E-state index is 13.6. The van der Waals surface area contributed by atoms with Crippen molar-refractivity contribution >= 4 is 34.2 Å². The van der Waals surface area contributed by atoms with Gasteiger partial charge in [0.2, 0.25) is 23.0 Å². The number of hydrogen-bond acceptors (Lipinski definition) is 8. The van der Waals surface area contributed by atoms with Crippen LogP contribution in [-0.2, 0) is 23.1 Å². The lowest BCUT2D eigenvalue weighted by Gasteiger charge is -2.19. The molecule has 5 rings (SSSR count). The van der Waals surface area contributed by atoms with E-state index >= 15 is 0 Å².